The van der Waals surface area contributed by atoms with E-state index in [1.165, 1.54) is 0 Å². The second-order valence-corrected chi connectivity index (χ2v) is 4.55. The highest BCUT2D eigenvalue weighted by Crippen LogP contribution is 2.32. The van der Waals surface area contributed by atoms with Gasteiger partial charge in [0.2, 0.25) is 0 Å². The molecule has 0 bridgehead atoms. The van der Waals surface area contributed by atoms with E-state index in [4.69, 9.17) is 5.73 Å². The van der Waals surface area contributed by atoms with Crippen molar-refractivity contribution in [1.82, 2.24) is 9.78 Å². The first-order valence-electron chi connectivity index (χ1n) is 4.78. The largest absolute Gasteiger partial charge is 0.507 e. The Balaban J connectivity index is 2.60. The van der Waals surface area contributed by atoms with Gasteiger partial charge < -0.3 is 10.8 Å². The molecule has 0 aliphatic carbocycles. The van der Waals surface area contributed by atoms with Gasteiger partial charge in [-0.2, -0.15) is 5.10 Å². The summed E-state index contributed by atoms with van der Waals surface area (Å²) in [6, 6.07) is 5.35. The van der Waals surface area contributed by atoms with E-state index in [-0.39, 0.29) is 5.75 Å². The Hall–Kier alpha value is -1.49. The number of rotatable bonds is 1. The summed E-state index contributed by atoms with van der Waals surface area (Å²) in [6.45, 7) is 1.92. The molecule has 3 N–H and O–H groups in total. The number of anilines is 1. The minimum atomic E-state index is 0.227. The molecule has 16 heavy (non-hydrogen) atoms. The number of aryl methyl sites for hydroxylation is 2. The number of aromatic hydroxyl groups is 1. The van der Waals surface area contributed by atoms with E-state index in [1.807, 2.05) is 19.1 Å². The molecule has 1 heterocycles. The van der Waals surface area contributed by atoms with Crippen LogP contribution in [0.4, 0.5) is 5.82 Å². The summed E-state index contributed by atoms with van der Waals surface area (Å²) < 4.78 is 2.27. The van der Waals surface area contributed by atoms with Crippen molar-refractivity contribution >= 4 is 21.7 Å². The summed E-state index contributed by atoms with van der Waals surface area (Å²) >= 11 is 3.29. The molecule has 0 saturated carbocycles. The third-order valence-corrected chi connectivity index (χ3v) is 3.12. The fraction of sp³-hybridized carbons (Fsp3) is 0.182. The Morgan fingerprint density at radius 3 is 2.62 bits per heavy atom. The number of nitrogens with zero attached hydrogens (tertiary/aromatic N) is 2. The molecule has 4 nitrogen and oxygen atoms in total. The molecular formula is C11H12BrN3O. The molecule has 2 aromatic rings. The van der Waals surface area contributed by atoms with E-state index in [9.17, 15) is 5.11 Å². The SMILES string of the molecule is Cc1cc(O)c(Br)cc1-c1cc(N)n(C)n1. The second kappa shape index (κ2) is 3.83. The predicted molar refractivity (Wildman–Crippen MR) is 67.2 cm³/mol. The number of halogens is 1. The number of aromatic nitrogens is 2. The van der Waals surface area contributed by atoms with Crippen LogP contribution in [0.1, 0.15) is 5.56 Å². The third-order valence-electron chi connectivity index (χ3n) is 2.49. The highest BCUT2D eigenvalue weighted by molar-refractivity contribution is 9.10. The van der Waals surface area contributed by atoms with E-state index < -0.39 is 0 Å². The minimum Gasteiger partial charge on any atom is -0.507 e. The first-order chi connectivity index (χ1) is 7.49. The summed E-state index contributed by atoms with van der Waals surface area (Å²) in [5, 5.41) is 13.8. The van der Waals surface area contributed by atoms with Gasteiger partial charge in [0.15, 0.2) is 0 Å². The topological polar surface area (TPSA) is 64.1 Å². The summed E-state index contributed by atoms with van der Waals surface area (Å²) in [7, 11) is 1.80. The van der Waals surface area contributed by atoms with Gasteiger partial charge in [0, 0.05) is 18.7 Å². The van der Waals surface area contributed by atoms with Gasteiger partial charge in [-0.25, -0.2) is 0 Å². The normalized spacial score (nSPS) is 10.7. The fourth-order valence-electron chi connectivity index (χ4n) is 1.56. The number of phenols is 1. The number of phenolic OH excluding ortho intramolecular Hbond substituents is 1. The maximum Gasteiger partial charge on any atom is 0.130 e. The van der Waals surface area contributed by atoms with Crippen LogP contribution in [0.25, 0.3) is 11.3 Å². The number of benzene rings is 1. The van der Waals surface area contributed by atoms with Crippen molar-refractivity contribution in [3.05, 3.63) is 28.2 Å². The standard InChI is InChI=1S/C11H12BrN3O/c1-6-3-10(16)8(12)4-7(6)9-5-11(13)15(2)14-9/h3-5,16H,13H2,1-2H3. The van der Waals surface area contributed by atoms with Crippen molar-refractivity contribution in [3.8, 4) is 17.0 Å². The van der Waals surface area contributed by atoms with Crippen LogP contribution in [0, 0.1) is 6.92 Å². The second-order valence-electron chi connectivity index (χ2n) is 3.70. The molecule has 1 aromatic carbocycles. The average molecular weight is 282 g/mol. The summed E-state index contributed by atoms with van der Waals surface area (Å²) in [5.41, 5.74) is 8.45. The quantitative estimate of drug-likeness (QED) is 0.844. The molecule has 0 unspecified atom stereocenters. The van der Waals surface area contributed by atoms with Gasteiger partial charge >= 0.3 is 0 Å². The van der Waals surface area contributed by atoms with Crippen molar-refractivity contribution in [2.45, 2.75) is 6.92 Å². The number of nitrogen functional groups attached to an aromatic ring is 1. The zero-order chi connectivity index (χ0) is 11.9. The average Bonchev–Trinajstić information content (AvgIpc) is 2.53. The predicted octanol–water partition coefficient (Wildman–Crippen LogP) is 2.45. The van der Waals surface area contributed by atoms with Gasteiger partial charge in [0.1, 0.15) is 11.6 Å². The lowest BCUT2D eigenvalue weighted by atomic mass is 10.1. The van der Waals surface area contributed by atoms with Crippen molar-refractivity contribution in [2.24, 2.45) is 7.05 Å². The Kier molecular flexibility index (Phi) is 2.63. The third kappa shape index (κ3) is 1.78. The molecule has 0 fully saturated rings. The van der Waals surface area contributed by atoms with Crippen LogP contribution in [-0.4, -0.2) is 14.9 Å². The molecular weight excluding hydrogens is 270 g/mol. The summed E-state index contributed by atoms with van der Waals surface area (Å²) in [6.07, 6.45) is 0. The van der Waals surface area contributed by atoms with Crippen LogP contribution in [0.2, 0.25) is 0 Å². The molecule has 2 rings (SSSR count). The zero-order valence-corrected chi connectivity index (χ0v) is 10.6. The Morgan fingerprint density at radius 2 is 2.06 bits per heavy atom. The summed E-state index contributed by atoms with van der Waals surface area (Å²) in [4.78, 5) is 0. The zero-order valence-electron chi connectivity index (χ0n) is 9.03. The smallest absolute Gasteiger partial charge is 0.130 e. The number of nitrogens with two attached hydrogens (primary N) is 1. The van der Waals surface area contributed by atoms with Crippen LogP contribution in [0.3, 0.4) is 0 Å². The molecule has 0 radical (unpaired) electrons. The monoisotopic (exact) mass is 281 g/mol. The Bertz CT molecular complexity index is 529. The molecule has 0 spiro atoms. The highest BCUT2D eigenvalue weighted by atomic mass is 79.9. The first kappa shape index (κ1) is 11.0. The van der Waals surface area contributed by atoms with Gasteiger partial charge in [-0.1, -0.05) is 0 Å². The fourth-order valence-corrected chi connectivity index (χ4v) is 1.90. The number of hydrogen-bond donors (Lipinski definition) is 2. The molecule has 1 aromatic heterocycles. The molecule has 0 aliphatic heterocycles. The maximum atomic E-state index is 9.53. The van der Waals surface area contributed by atoms with Crippen molar-refractivity contribution in [3.63, 3.8) is 0 Å². The van der Waals surface area contributed by atoms with Gasteiger partial charge in [-0.15, -0.1) is 0 Å². The van der Waals surface area contributed by atoms with Gasteiger partial charge in [-0.05, 0) is 40.5 Å². The van der Waals surface area contributed by atoms with Crippen LogP contribution in [0.5, 0.6) is 5.75 Å². The maximum absolute atomic E-state index is 9.53. The Morgan fingerprint density at radius 1 is 1.38 bits per heavy atom. The molecule has 0 aliphatic rings. The van der Waals surface area contributed by atoms with E-state index in [1.54, 1.807) is 17.8 Å². The minimum absolute atomic E-state index is 0.227. The molecule has 5 heteroatoms. The van der Waals surface area contributed by atoms with Gasteiger partial charge in [0.25, 0.3) is 0 Å². The van der Waals surface area contributed by atoms with Crippen molar-refractivity contribution < 1.29 is 5.11 Å². The van der Waals surface area contributed by atoms with E-state index >= 15 is 0 Å². The van der Waals surface area contributed by atoms with Gasteiger partial charge in [-0.3, -0.25) is 4.68 Å². The molecule has 0 saturated heterocycles. The van der Waals surface area contributed by atoms with Crippen LogP contribution < -0.4 is 5.73 Å². The molecule has 0 atom stereocenters. The first-order valence-corrected chi connectivity index (χ1v) is 5.57. The van der Waals surface area contributed by atoms with Crippen LogP contribution in [-0.2, 0) is 7.05 Å². The lowest BCUT2D eigenvalue weighted by Crippen LogP contribution is -1.96. The van der Waals surface area contributed by atoms with Gasteiger partial charge in [0.05, 0.1) is 10.2 Å². The lowest BCUT2D eigenvalue weighted by molar-refractivity contribution is 0.471. The van der Waals surface area contributed by atoms with Crippen LogP contribution in [0.15, 0.2) is 22.7 Å². The highest BCUT2D eigenvalue weighted by Gasteiger charge is 2.10. The molecule has 84 valence electrons. The van der Waals surface area contributed by atoms with Crippen LogP contribution >= 0.6 is 15.9 Å². The van der Waals surface area contributed by atoms with E-state index in [0.29, 0.717) is 10.3 Å². The van der Waals surface area contributed by atoms with Crippen molar-refractivity contribution in [2.75, 3.05) is 5.73 Å². The van der Waals surface area contributed by atoms with Crippen molar-refractivity contribution in [1.29, 1.82) is 0 Å². The lowest BCUT2D eigenvalue weighted by Gasteiger charge is -2.05. The Labute approximate surface area is 102 Å². The molecule has 0 amide bonds. The number of hydrogen-bond acceptors (Lipinski definition) is 3. The summed E-state index contributed by atoms with van der Waals surface area (Å²) in [5.74, 6) is 0.837. The van der Waals surface area contributed by atoms with E-state index in [2.05, 4.69) is 21.0 Å². The van der Waals surface area contributed by atoms with E-state index in [0.717, 1.165) is 16.8 Å².